The fourth-order valence-corrected chi connectivity index (χ4v) is 5.01. The summed E-state index contributed by atoms with van der Waals surface area (Å²) < 4.78 is 0. The summed E-state index contributed by atoms with van der Waals surface area (Å²) >= 11 is 6.07. The van der Waals surface area contributed by atoms with Gasteiger partial charge in [0, 0.05) is 42.4 Å². The van der Waals surface area contributed by atoms with Gasteiger partial charge in [-0.1, -0.05) is 17.7 Å². The van der Waals surface area contributed by atoms with E-state index in [0.29, 0.717) is 11.8 Å². The van der Waals surface area contributed by atoms with Gasteiger partial charge in [0.25, 0.3) is 0 Å². The monoisotopic (exact) mass is 409 g/mol. The zero-order chi connectivity index (χ0) is 19.8. The molecule has 1 aromatic carbocycles. The number of aromatic nitrogens is 3. The third-order valence-electron chi connectivity index (χ3n) is 6.21. The Morgan fingerprint density at radius 3 is 2.79 bits per heavy atom. The molecule has 1 saturated carbocycles. The van der Waals surface area contributed by atoms with Crippen molar-refractivity contribution in [2.45, 2.75) is 31.5 Å². The van der Waals surface area contributed by atoms with Crippen LogP contribution in [0.3, 0.4) is 0 Å². The van der Waals surface area contributed by atoms with E-state index < -0.39 is 0 Å². The Hall–Kier alpha value is -2.28. The Kier molecular flexibility index (Phi) is 5.08. The lowest BCUT2D eigenvalue weighted by atomic mass is 9.77. The van der Waals surface area contributed by atoms with Gasteiger partial charge in [-0.25, -0.2) is 4.98 Å². The van der Waals surface area contributed by atoms with Gasteiger partial charge >= 0.3 is 0 Å². The van der Waals surface area contributed by atoms with Crippen LogP contribution in [0.25, 0.3) is 10.9 Å². The molecule has 2 aliphatic rings. The molecule has 3 heterocycles. The molecule has 0 bridgehead atoms. The maximum absolute atomic E-state index is 10.6. The van der Waals surface area contributed by atoms with Gasteiger partial charge in [0.2, 0.25) is 0 Å². The molecule has 0 unspecified atom stereocenters. The summed E-state index contributed by atoms with van der Waals surface area (Å²) in [5, 5.41) is 15.8. The molecule has 2 fully saturated rings. The van der Waals surface area contributed by atoms with Gasteiger partial charge in [-0.2, -0.15) is 0 Å². The zero-order valence-corrected chi connectivity index (χ0v) is 16.8. The molecule has 1 aliphatic carbocycles. The minimum Gasteiger partial charge on any atom is -0.391 e. The number of nitrogens with one attached hydrogen (secondary N) is 1. The quantitative estimate of drug-likeness (QED) is 0.688. The first-order valence-electron chi connectivity index (χ1n) is 10.1. The highest BCUT2D eigenvalue weighted by atomic mass is 35.5. The van der Waals surface area contributed by atoms with E-state index in [-0.39, 0.29) is 12.1 Å². The number of hydrogen-bond acceptors (Lipinski definition) is 6. The highest BCUT2D eigenvalue weighted by molar-refractivity contribution is 6.31. The number of aliphatic hydroxyl groups is 1. The van der Waals surface area contributed by atoms with E-state index in [1.165, 1.54) is 0 Å². The van der Waals surface area contributed by atoms with E-state index in [1.807, 2.05) is 18.2 Å². The summed E-state index contributed by atoms with van der Waals surface area (Å²) in [6.45, 7) is 2.89. The van der Waals surface area contributed by atoms with Gasteiger partial charge in [-0.3, -0.25) is 14.9 Å². The van der Waals surface area contributed by atoms with Gasteiger partial charge in [-0.15, -0.1) is 0 Å². The van der Waals surface area contributed by atoms with Gasteiger partial charge in [0.05, 0.1) is 29.6 Å². The van der Waals surface area contributed by atoms with Crippen LogP contribution in [0.2, 0.25) is 5.02 Å². The summed E-state index contributed by atoms with van der Waals surface area (Å²) in [5.74, 6) is 1.83. The maximum Gasteiger partial charge on any atom is 0.144 e. The summed E-state index contributed by atoms with van der Waals surface area (Å²) in [7, 11) is 0. The molecule has 1 aliphatic heterocycles. The molecule has 0 spiro atoms. The zero-order valence-electron chi connectivity index (χ0n) is 16.1. The lowest BCUT2D eigenvalue weighted by molar-refractivity contribution is 0.0735. The SMILES string of the molecule is O[C@@H]1C[C@H]2CN(Cc3ccc4cc(Cl)ccc4n3)C[C@H]2C[C@H]1Nc1cnccn1. The first-order chi connectivity index (χ1) is 14.1. The Labute approximate surface area is 175 Å². The average Bonchev–Trinajstić information content (AvgIpc) is 3.10. The van der Waals surface area contributed by atoms with E-state index in [0.717, 1.165) is 59.9 Å². The van der Waals surface area contributed by atoms with Crippen LogP contribution < -0.4 is 5.32 Å². The number of rotatable bonds is 4. The summed E-state index contributed by atoms with van der Waals surface area (Å²) in [4.78, 5) is 15.7. The number of anilines is 1. The lowest BCUT2D eigenvalue weighted by Gasteiger charge is -2.35. The molecule has 4 atom stereocenters. The van der Waals surface area contributed by atoms with Gasteiger partial charge in [0.1, 0.15) is 5.82 Å². The molecule has 5 rings (SSSR count). The second-order valence-electron chi connectivity index (χ2n) is 8.23. The Bertz CT molecular complexity index is 1000. The van der Waals surface area contributed by atoms with Crippen molar-refractivity contribution in [2.24, 2.45) is 11.8 Å². The van der Waals surface area contributed by atoms with Crippen LogP contribution >= 0.6 is 11.6 Å². The van der Waals surface area contributed by atoms with E-state index in [1.54, 1.807) is 18.6 Å². The number of halogens is 1. The van der Waals surface area contributed by atoms with Gasteiger partial charge < -0.3 is 10.4 Å². The fraction of sp³-hybridized carbons (Fsp3) is 0.409. The Morgan fingerprint density at radius 1 is 1.10 bits per heavy atom. The van der Waals surface area contributed by atoms with Gasteiger partial charge in [0.15, 0.2) is 0 Å². The second-order valence-corrected chi connectivity index (χ2v) is 8.67. The molecule has 7 heteroatoms. The third-order valence-corrected chi connectivity index (χ3v) is 6.44. The number of hydrogen-bond donors (Lipinski definition) is 2. The van der Waals surface area contributed by atoms with Crippen LogP contribution in [-0.2, 0) is 6.54 Å². The van der Waals surface area contributed by atoms with Crippen molar-refractivity contribution in [1.29, 1.82) is 0 Å². The molecule has 6 nitrogen and oxygen atoms in total. The van der Waals surface area contributed by atoms with E-state index >= 15 is 0 Å². The van der Waals surface area contributed by atoms with Crippen molar-refractivity contribution in [3.05, 3.63) is 59.6 Å². The topological polar surface area (TPSA) is 74.2 Å². The van der Waals surface area contributed by atoms with Gasteiger partial charge in [-0.05, 0) is 48.9 Å². The van der Waals surface area contributed by atoms with Crippen molar-refractivity contribution in [3.63, 3.8) is 0 Å². The van der Waals surface area contributed by atoms with Crippen molar-refractivity contribution in [3.8, 4) is 0 Å². The lowest BCUT2D eigenvalue weighted by Crippen LogP contribution is -2.43. The average molecular weight is 410 g/mol. The molecule has 2 aromatic heterocycles. The number of nitrogens with zero attached hydrogens (tertiary/aromatic N) is 4. The minimum absolute atomic E-state index is 0.0245. The number of benzene rings is 1. The highest BCUT2D eigenvalue weighted by Gasteiger charge is 2.41. The van der Waals surface area contributed by atoms with E-state index in [4.69, 9.17) is 16.6 Å². The molecular weight excluding hydrogens is 386 g/mol. The van der Waals surface area contributed by atoms with Crippen LogP contribution in [0, 0.1) is 11.8 Å². The van der Waals surface area contributed by atoms with Crippen LogP contribution in [0.1, 0.15) is 18.5 Å². The number of aliphatic hydroxyl groups excluding tert-OH is 1. The predicted octanol–water partition coefficient (Wildman–Crippen LogP) is 3.36. The molecular formula is C22H24ClN5O. The molecule has 29 heavy (non-hydrogen) atoms. The van der Waals surface area contributed by atoms with Crippen molar-refractivity contribution < 1.29 is 5.11 Å². The second kappa shape index (κ2) is 7.86. The van der Waals surface area contributed by atoms with Crippen LogP contribution in [0.15, 0.2) is 48.9 Å². The molecule has 1 saturated heterocycles. The predicted molar refractivity (Wildman–Crippen MR) is 114 cm³/mol. The molecule has 0 amide bonds. The Morgan fingerprint density at radius 2 is 1.97 bits per heavy atom. The van der Waals surface area contributed by atoms with Crippen LogP contribution in [0.4, 0.5) is 5.82 Å². The van der Waals surface area contributed by atoms with E-state index in [2.05, 4.69) is 32.3 Å². The maximum atomic E-state index is 10.6. The number of likely N-dealkylation sites (tertiary alicyclic amines) is 1. The Balaban J connectivity index is 1.24. The summed E-state index contributed by atoms with van der Waals surface area (Å²) in [6, 6.07) is 10.0. The molecule has 3 aromatic rings. The van der Waals surface area contributed by atoms with Crippen LogP contribution in [-0.4, -0.2) is 50.2 Å². The van der Waals surface area contributed by atoms with Crippen molar-refractivity contribution in [2.75, 3.05) is 18.4 Å². The number of pyridine rings is 1. The normalized spacial score (nSPS) is 27.1. The van der Waals surface area contributed by atoms with Crippen LogP contribution in [0.5, 0.6) is 0 Å². The first kappa shape index (κ1) is 18.7. The minimum atomic E-state index is -0.359. The molecule has 0 radical (unpaired) electrons. The standard InChI is InChI=1S/C22H24ClN5O/c23-17-2-4-19-14(7-17)1-3-18(26-19)13-28-11-15-8-20(21(29)9-16(15)12-28)27-22-10-24-5-6-25-22/h1-7,10,15-16,20-21,29H,8-9,11-13H2,(H,25,27)/t15-,16+,20-,21-/m1/s1. The molecule has 150 valence electrons. The van der Waals surface area contributed by atoms with Crippen molar-refractivity contribution in [1.82, 2.24) is 19.9 Å². The largest absolute Gasteiger partial charge is 0.391 e. The molecule has 2 N–H and O–H groups in total. The smallest absolute Gasteiger partial charge is 0.144 e. The first-order valence-corrected chi connectivity index (χ1v) is 10.5. The summed E-state index contributed by atoms with van der Waals surface area (Å²) in [5.41, 5.74) is 2.06. The number of fused-ring (bicyclic) bond motifs is 2. The fourth-order valence-electron chi connectivity index (χ4n) is 4.83. The highest BCUT2D eigenvalue weighted by Crippen LogP contribution is 2.38. The third kappa shape index (κ3) is 4.06. The summed E-state index contributed by atoms with van der Waals surface area (Å²) in [6.07, 6.45) is 6.44. The van der Waals surface area contributed by atoms with Crippen molar-refractivity contribution >= 4 is 28.3 Å². The van der Waals surface area contributed by atoms with E-state index in [9.17, 15) is 5.11 Å².